The van der Waals surface area contributed by atoms with E-state index in [0.717, 1.165) is 16.8 Å². The number of benzene rings is 2. The predicted molar refractivity (Wildman–Crippen MR) is 86.0 cm³/mol. The zero-order valence-corrected chi connectivity index (χ0v) is 12.5. The first-order valence-electron chi connectivity index (χ1n) is 6.07. The summed E-state index contributed by atoms with van der Waals surface area (Å²) in [6, 6.07) is 13.1. The van der Waals surface area contributed by atoms with Crippen LogP contribution in [0.25, 0.3) is 0 Å². The number of hydrogen-bond donors (Lipinski definition) is 2. The summed E-state index contributed by atoms with van der Waals surface area (Å²) >= 11 is 11.9. The highest BCUT2D eigenvalue weighted by Gasteiger charge is 2.10. The van der Waals surface area contributed by atoms with Gasteiger partial charge in [0.2, 0.25) is 0 Å². The van der Waals surface area contributed by atoms with E-state index in [0.29, 0.717) is 16.6 Å². The number of nitrogens with zero attached hydrogens (tertiary/aromatic N) is 1. The third-order valence-corrected chi connectivity index (χ3v) is 3.75. The molecule has 2 aromatic rings. The Hall–Kier alpha value is -1.71. The Morgan fingerprint density at radius 2 is 1.85 bits per heavy atom. The van der Waals surface area contributed by atoms with Crippen LogP contribution >= 0.6 is 23.2 Å². The lowest BCUT2D eigenvalue weighted by Crippen LogP contribution is -2.21. The van der Waals surface area contributed by atoms with Crippen LogP contribution in [-0.4, -0.2) is 12.9 Å². The van der Waals surface area contributed by atoms with Gasteiger partial charge in [-0.1, -0.05) is 41.4 Å². The van der Waals surface area contributed by atoms with Crippen molar-refractivity contribution in [2.45, 2.75) is 6.54 Å². The summed E-state index contributed by atoms with van der Waals surface area (Å²) in [4.78, 5) is 2.02. The number of halogens is 2. The second-order valence-electron chi connectivity index (χ2n) is 4.54. The summed E-state index contributed by atoms with van der Waals surface area (Å²) in [7, 11) is 1.95. The maximum Gasteiger partial charge on any atom is 0.124 e. The van der Waals surface area contributed by atoms with Gasteiger partial charge in [-0.3, -0.25) is 5.41 Å². The number of nitrogen functional groups attached to an aromatic ring is 1. The van der Waals surface area contributed by atoms with E-state index >= 15 is 0 Å². The molecule has 5 heteroatoms. The molecule has 0 radical (unpaired) electrons. The minimum atomic E-state index is 0.0570. The minimum Gasteiger partial charge on any atom is -0.384 e. The Kier molecular flexibility index (Phi) is 4.53. The second kappa shape index (κ2) is 6.16. The van der Waals surface area contributed by atoms with Gasteiger partial charge in [0, 0.05) is 24.8 Å². The van der Waals surface area contributed by atoms with E-state index in [1.807, 2.05) is 48.3 Å². The third kappa shape index (κ3) is 3.24. The predicted octanol–water partition coefficient (Wildman–Crippen LogP) is 3.91. The van der Waals surface area contributed by atoms with Gasteiger partial charge in [0.25, 0.3) is 0 Å². The summed E-state index contributed by atoms with van der Waals surface area (Å²) in [5.74, 6) is 0.0570. The number of hydrogen-bond acceptors (Lipinski definition) is 2. The molecule has 0 aromatic heterocycles. The number of rotatable bonds is 4. The van der Waals surface area contributed by atoms with Gasteiger partial charge in [0.1, 0.15) is 5.84 Å². The van der Waals surface area contributed by atoms with Gasteiger partial charge in [0.15, 0.2) is 0 Å². The van der Waals surface area contributed by atoms with Crippen LogP contribution in [0.4, 0.5) is 5.69 Å². The number of nitrogens with one attached hydrogen (secondary N) is 1. The van der Waals surface area contributed by atoms with E-state index in [-0.39, 0.29) is 5.84 Å². The average molecular weight is 308 g/mol. The van der Waals surface area contributed by atoms with Crippen molar-refractivity contribution in [1.82, 2.24) is 0 Å². The molecule has 2 rings (SSSR count). The monoisotopic (exact) mass is 307 g/mol. The maximum atomic E-state index is 7.62. The molecule has 0 amide bonds. The van der Waals surface area contributed by atoms with E-state index in [9.17, 15) is 0 Å². The number of para-hydroxylation sites is 1. The van der Waals surface area contributed by atoms with Crippen LogP contribution < -0.4 is 10.6 Å². The molecular weight excluding hydrogens is 293 g/mol. The highest BCUT2D eigenvalue weighted by atomic mass is 35.5. The summed E-state index contributed by atoms with van der Waals surface area (Å²) in [5.41, 5.74) is 8.28. The molecule has 0 aliphatic carbocycles. The van der Waals surface area contributed by atoms with Crippen LogP contribution in [0.2, 0.25) is 10.0 Å². The van der Waals surface area contributed by atoms with Crippen LogP contribution in [0.5, 0.6) is 0 Å². The second-order valence-corrected chi connectivity index (χ2v) is 5.35. The molecule has 0 aliphatic heterocycles. The molecule has 0 spiro atoms. The van der Waals surface area contributed by atoms with Crippen LogP contribution in [0.15, 0.2) is 42.5 Å². The molecule has 2 aromatic carbocycles. The fourth-order valence-electron chi connectivity index (χ4n) is 2.03. The first-order chi connectivity index (χ1) is 9.49. The Labute approximate surface area is 128 Å². The topological polar surface area (TPSA) is 53.1 Å². The molecule has 20 heavy (non-hydrogen) atoms. The van der Waals surface area contributed by atoms with Crippen molar-refractivity contribution in [3.8, 4) is 0 Å². The summed E-state index contributed by atoms with van der Waals surface area (Å²) in [6.07, 6.45) is 0. The first kappa shape index (κ1) is 14.7. The lowest BCUT2D eigenvalue weighted by molar-refractivity contribution is 0.921. The van der Waals surface area contributed by atoms with Crippen LogP contribution in [0, 0.1) is 5.41 Å². The van der Waals surface area contributed by atoms with E-state index in [4.69, 9.17) is 34.3 Å². The van der Waals surface area contributed by atoms with Gasteiger partial charge in [-0.25, -0.2) is 0 Å². The number of anilines is 1. The van der Waals surface area contributed by atoms with Gasteiger partial charge in [0.05, 0.1) is 10.0 Å². The van der Waals surface area contributed by atoms with Crippen molar-refractivity contribution in [3.63, 3.8) is 0 Å². The molecule has 3 nitrogen and oxygen atoms in total. The molecule has 0 heterocycles. The maximum absolute atomic E-state index is 7.62. The van der Waals surface area contributed by atoms with E-state index in [1.54, 1.807) is 6.07 Å². The van der Waals surface area contributed by atoms with Crippen molar-refractivity contribution >= 4 is 34.7 Å². The summed E-state index contributed by atoms with van der Waals surface area (Å²) < 4.78 is 0. The molecule has 0 atom stereocenters. The van der Waals surface area contributed by atoms with Gasteiger partial charge in [-0.15, -0.1) is 0 Å². The molecule has 0 unspecified atom stereocenters. The van der Waals surface area contributed by atoms with Gasteiger partial charge >= 0.3 is 0 Å². The average Bonchev–Trinajstić information content (AvgIpc) is 2.43. The quantitative estimate of drug-likeness (QED) is 0.664. The van der Waals surface area contributed by atoms with Crippen LogP contribution in [-0.2, 0) is 6.54 Å². The molecule has 3 N–H and O–H groups in total. The largest absolute Gasteiger partial charge is 0.384 e. The fraction of sp³-hybridized carbons (Fsp3) is 0.133. The highest BCUT2D eigenvalue weighted by Crippen LogP contribution is 2.25. The Bertz CT molecular complexity index is 641. The van der Waals surface area contributed by atoms with Gasteiger partial charge in [-0.05, 0) is 29.8 Å². The Morgan fingerprint density at radius 3 is 2.50 bits per heavy atom. The van der Waals surface area contributed by atoms with Crippen molar-refractivity contribution in [2.24, 2.45) is 5.73 Å². The van der Waals surface area contributed by atoms with Crippen molar-refractivity contribution in [1.29, 1.82) is 5.41 Å². The lowest BCUT2D eigenvalue weighted by Gasteiger charge is -2.22. The lowest BCUT2D eigenvalue weighted by atomic mass is 10.1. The molecule has 104 valence electrons. The molecule has 0 bridgehead atoms. The van der Waals surface area contributed by atoms with E-state index in [1.165, 1.54) is 0 Å². The van der Waals surface area contributed by atoms with Gasteiger partial charge in [-0.2, -0.15) is 0 Å². The normalized spacial score (nSPS) is 10.3. The standard InChI is InChI=1S/C15H15Cl2N3/c1-20(9-10-6-7-12(16)13(17)8-10)14-5-3-2-4-11(14)15(18)19/h2-8H,9H2,1H3,(H3,18,19). The van der Waals surface area contributed by atoms with E-state index < -0.39 is 0 Å². The molecule has 0 aliphatic rings. The Balaban J connectivity index is 2.26. The molecule has 0 fully saturated rings. The SMILES string of the molecule is CN(Cc1ccc(Cl)c(Cl)c1)c1ccccc1C(=N)N. The third-order valence-electron chi connectivity index (χ3n) is 3.01. The Morgan fingerprint density at radius 1 is 1.15 bits per heavy atom. The van der Waals surface area contributed by atoms with Crippen molar-refractivity contribution in [2.75, 3.05) is 11.9 Å². The number of amidine groups is 1. The zero-order valence-electron chi connectivity index (χ0n) is 11.0. The number of nitrogens with two attached hydrogens (primary N) is 1. The van der Waals surface area contributed by atoms with Crippen LogP contribution in [0.1, 0.15) is 11.1 Å². The van der Waals surface area contributed by atoms with Crippen molar-refractivity contribution < 1.29 is 0 Å². The first-order valence-corrected chi connectivity index (χ1v) is 6.83. The van der Waals surface area contributed by atoms with Crippen LogP contribution in [0.3, 0.4) is 0 Å². The van der Waals surface area contributed by atoms with E-state index in [2.05, 4.69) is 0 Å². The molecular formula is C15H15Cl2N3. The summed E-state index contributed by atoms with van der Waals surface area (Å²) in [6.45, 7) is 0.654. The minimum absolute atomic E-state index is 0.0570. The smallest absolute Gasteiger partial charge is 0.124 e. The molecule has 0 saturated heterocycles. The molecule has 0 saturated carbocycles. The highest BCUT2D eigenvalue weighted by molar-refractivity contribution is 6.42. The van der Waals surface area contributed by atoms with Crippen molar-refractivity contribution in [3.05, 3.63) is 63.6 Å². The summed E-state index contributed by atoms with van der Waals surface area (Å²) in [5, 5.41) is 8.71. The fourth-order valence-corrected chi connectivity index (χ4v) is 2.35. The zero-order chi connectivity index (χ0) is 14.7. The van der Waals surface area contributed by atoms with Gasteiger partial charge < -0.3 is 10.6 Å².